The molecule has 1 aromatic heterocycles. The number of nitrogens with one attached hydrogen (secondary N) is 2. The van der Waals surface area contributed by atoms with Gasteiger partial charge >= 0.3 is 0 Å². The standard InChI is InChI=1S/C17H13BrClN3OS2/c1-8-5-9(2)14-13(6-8)25-17(20-14)22-16(24)21-15(23)11-7-10(18)3-4-12(11)19/h3-7H,1-2H3,(H2,20,21,22,23,24). The number of thiazole rings is 1. The molecule has 0 aliphatic heterocycles. The second-order valence-corrected chi connectivity index (χ2v) is 8.24. The SMILES string of the molecule is Cc1cc(C)c2nc(NC(=S)NC(=O)c3cc(Br)ccc3Cl)sc2c1. The summed E-state index contributed by atoms with van der Waals surface area (Å²) in [6.45, 7) is 4.07. The fourth-order valence-electron chi connectivity index (χ4n) is 2.39. The molecule has 1 heterocycles. The molecule has 0 bridgehead atoms. The Kier molecular flexibility index (Phi) is 5.38. The first kappa shape index (κ1) is 18.3. The molecule has 2 N–H and O–H groups in total. The Bertz CT molecular complexity index is 1000. The molecule has 0 unspecified atom stereocenters. The van der Waals surface area contributed by atoms with Crippen LogP contribution in [0.15, 0.2) is 34.8 Å². The third-order valence-electron chi connectivity index (χ3n) is 3.45. The topological polar surface area (TPSA) is 54.0 Å². The number of carbonyl (C=O) groups is 1. The summed E-state index contributed by atoms with van der Waals surface area (Å²) in [5, 5.41) is 6.76. The molecule has 0 aliphatic carbocycles. The van der Waals surface area contributed by atoms with E-state index in [-0.39, 0.29) is 11.0 Å². The lowest BCUT2D eigenvalue weighted by Crippen LogP contribution is -2.34. The van der Waals surface area contributed by atoms with Gasteiger partial charge in [-0.15, -0.1) is 0 Å². The van der Waals surface area contributed by atoms with Gasteiger partial charge in [0.25, 0.3) is 5.91 Å². The minimum atomic E-state index is -0.378. The third kappa shape index (κ3) is 4.17. The van der Waals surface area contributed by atoms with E-state index >= 15 is 0 Å². The number of aryl methyl sites for hydroxylation is 2. The Morgan fingerprint density at radius 2 is 2.04 bits per heavy atom. The fraction of sp³-hybridized carbons (Fsp3) is 0.118. The highest BCUT2D eigenvalue weighted by Gasteiger charge is 2.14. The van der Waals surface area contributed by atoms with Crippen LogP contribution in [-0.4, -0.2) is 16.0 Å². The smallest absolute Gasteiger partial charge is 0.258 e. The maximum Gasteiger partial charge on any atom is 0.258 e. The number of benzene rings is 2. The first-order chi connectivity index (χ1) is 11.8. The number of amides is 1. The van der Waals surface area contributed by atoms with Gasteiger partial charge in [-0.3, -0.25) is 10.1 Å². The van der Waals surface area contributed by atoms with Crippen molar-refractivity contribution in [1.29, 1.82) is 0 Å². The van der Waals surface area contributed by atoms with Gasteiger partial charge in [0.2, 0.25) is 0 Å². The van der Waals surface area contributed by atoms with E-state index in [9.17, 15) is 4.79 Å². The number of hydrogen-bond acceptors (Lipinski definition) is 4. The van der Waals surface area contributed by atoms with Gasteiger partial charge in [-0.2, -0.15) is 0 Å². The molecule has 1 amide bonds. The summed E-state index contributed by atoms with van der Waals surface area (Å²) in [5.74, 6) is -0.378. The van der Waals surface area contributed by atoms with Gasteiger partial charge in [-0.1, -0.05) is 44.9 Å². The van der Waals surface area contributed by atoms with E-state index in [1.165, 1.54) is 16.9 Å². The van der Waals surface area contributed by atoms with E-state index in [1.54, 1.807) is 18.2 Å². The van der Waals surface area contributed by atoms with Crippen molar-refractivity contribution in [3.05, 3.63) is 56.5 Å². The van der Waals surface area contributed by atoms with Crippen molar-refractivity contribution in [2.24, 2.45) is 0 Å². The molecule has 3 rings (SSSR count). The number of anilines is 1. The highest BCUT2D eigenvalue weighted by atomic mass is 79.9. The molecule has 0 saturated heterocycles. The average Bonchev–Trinajstić information content (AvgIpc) is 2.91. The van der Waals surface area contributed by atoms with E-state index in [4.69, 9.17) is 23.8 Å². The Morgan fingerprint density at radius 1 is 1.28 bits per heavy atom. The largest absolute Gasteiger partial charge is 0.308 e. The lowest BCUT2D eigenvalue weighted by Gasteiger charge is -2.08. The molecule has 0 radical (unpaired) electrons. The maximum atomic E-state index is 12.3. The van der Waals surface area contributed by atoms with Gasteiger partial charge in [-0.25, -0.2) is 4.98 Å². The minimum absolute atomic E-state index is 0.175. The Morgan fingerprint density at radius 3 is 2.80 bits per heavy atom. The summed E-state index contributed by atoms with van der Waals surface area (Å²) in [6.07, 6.45) is 0. The van der Waals surface area contributed by atoms with Crippen LogP contribution in [0.25, 0.3) is 10.2 Å². The monoisotopic (exact) mass is 453 g/mol. The van der Waals surface area contributed by atoms with Crippen molar-refractivity contribution in [3.63, 3.8) is 0 Å². The lowest BCUT2D eigenvalue weighted by molar-refractivity contribution is 0.0978. The van der Waals surface area contributed by atoms with Crippen LogP contribution in [0.3, 0.4) is 0 Å². The number of halogens is 2. The molecule has 0 saturated carbocycles. The zero-order valence-corrected chi connectivity index (χ0v) is 17.3. The molecule has 128 valence electrons. The lowest BCUT2D eigenvalue weighted by atomic mass is 10.1. The van der Waals surface area contributed by atoms with E-state index in [0.29, 0.717) is 15.7 Å². The highest BCUT2D eigenvalue weighted by Crippen LogP contribution is 2.29. The zero-order valence-electron chi connectivity index (χ0n) is 13.3. The van der Waals surface area contributed by atoms with Crippen LogP contribution in [-0.2, 0) is 0 Å². The van der Waals surface area contributed by atoms with E-state index in [1.807, 2.05) is 13.8 Å². The van der Waals surface area contributed by atoms with Gasteiger partial charge in [0, 0.05) is 4.47 Å². The van der Waals surface area contributed by atoms with Gasteiger partial charge in [0.15, 0.2) is 10.2 Å². The van der Waals surface area contributed by atoms with Crippen LogP contribution in [0, 0.1) is 13.8 Å². The predicted octanol–water partition coefficient (Wildman–Crippen LogP) is 5.46. The first-order valence-electron chi connectivity index (χ1n) is 7.28. The molecular weight excluding hydrogens is 442 g/mol. The number of fused-ring (bicyclic) bond motifs is 1. The second-order valence-electron chi connectivity index (χ2n) is 5.48. The fourth-order valence-corrected chi connectivity index (χ4v) is 4.26. The molecule has 2 aromatic carbocycles. The quantitative estimate of drug-likeness (QED) is 0.505. The van der Waals surface area contributed by atoms with E-state index in [0.717, 1.165) is 20.3 Å². The molecule has 25 heavy (non-hydrogen) atoms. The predicted molar refractivity (Wildman–Crippen MR) is 112 cm³/mol. The number of thiocarbonyl (C=S) groups is 1. The maximum absolute atomic E-state index is 12.3. The molecule has 0 spiro atoms. The van der Waals surface area contributed by atoms with Crippen molar-refractivity contribution in [2.45, 2.75) is 13.8 Å². The average molecular weight is 455 g/mol. The Hall–Kier alpha value is -1.54. The molecule has 0 fully saturated rings. The van der Waals surface area contributed by atoms with Crippen molar-refractivity contribution in [2.75, 3.05) is 5.32 Å². The third-order valence-corrected chi connectivity index (χ3v) is 5.40. The summed E-state index contributed by atoms with van der Waals surface area (Å²) in [7, 11) is 0. The molecule has 0 aliphatic rings. The summed E-state index contributed by atoms with van der Waals surface area (Å²) in [4.78, 5) is 16.9. The van der Waals surface area contributed by atoms with Crippen molar-refractivity contribution in [3.8, 4) is 0 Å². The van der Waals surface area contributed by atoms with Crippen molar-refractivity contribution < 1.29 is 4.79 Å². The normalized spacial score (nSPS) is 10.7. The van der Waals surface area contributed by atoms with Crippen LogP contribution in [0.5, 0.6) is 0 Å². The van der Waals surface area contributed by atoms with Crippen LogP contribution >= 0.6 is 51.1 Å². The molecule has 4 nitrogen and oxygen atoms in total. The number of hydrogen-bond donors (Lipinski definition) is 2. The number of aromatic nitrogens is 1. The van der Waals surface area contributed by atoms with Gasteiger partial charge in [-0.05, 0) is 61.5 Å². The second kappa shape index (κ2) is 7.37. The summed E-state index contributed by atoms with van der Waals surface area (Å²) >= 11 is 16.1. The van der Waals surface area contributed by atoms with Crippen LogP contribution in [0.4, 0.5) is 5.13 Å². The molecule has 0 atom stereocenters. The van der Waals surface area contributed by atoms with E-state index < -0.39 is 0 Å². The summed E-state index contributed by atoms with van der Waals surface area (Å²) in [6, 6.07) is 9.22. The minimum Gasteiger partial charge on any atom is -0.308 e. The zero-order chi connectivity index (χ0) is 18.1. The summed E-state index contributed by atoms with van der Waals surface area (Å²) < 4.78 is 1.84. The van der Waals surface area contributed by atoms with Crippen molar-refractivity contribution in [1.82, 2.24) is 10.3 Å². The highest BCUT2D eigenvalue weighted by molar-refractivity contribution is 9.10. The van der Waals surface area contributed by atoms with Gasteiger partial charge < -0.3 is 5.32 Å². The number of nitrogens with zero attached hydrogens (tertiary/aromatic N) is 1. The van der Waals surface area contributed by atoms with Gasteiger partial charge in [0.1, 0.15) is 0 Å². The van der Waals surface area contributed by atoms with Crippen LogP contribution in [0.1, 0.15) is 21.5 Å². The van der Waals surface area contributed by atoms with E-state index in [2.05, 4.69) is 43.7 Å². The van der Waals surface area contributed by atoms with Crippen LogP contribution < -0.4 is 10.6 Å². The number of rotatable bonds is 2. The Labute approximate surface area is 167 Å². The molecule has 3 aromatic rings. The van der Waals surface area contributed by atoms with Gasteiger partial charge in [0.05, 0.1) is 20.8 Å². The Balaban J connectivity index is 1.75. The molecular formula is C17H13BrClN3OS2. The van der Waals surface area contributed by atoms with Crippen LogP contribution in [0.2, 0.25) is 5.02 Å². The van der Waals surface area contributed by atoms with Crippen molar-refractivity contribution >= 4 is 77.5 Å². The molecule has 8 heteroatoms. The number of carbonyl (C=O) groups excluding carboxylic acids is 1. The summed E-state index contributed by atoms with van der Waals surface area (Å²) in [5.41, 5.74) is 3.56. The first-order valence-corrected chi connectivity index (χ1v) is 9.68.